The third kappa shape index (κ3) is 3.57. The van der Waals surface area contributed by atoms with Crippen molar-refractivity contribution in [1.82, 2.24) is 0 Å². The van der Waals surface area contributed by atoms with E-state index < -0.39 is 22.8 Å². The van der Waals surface area contributed by atoms with E-state index in [9.17, 15) is 22.8 Å². The number of alkyl halides is 3. The molecule has 0 saturated heterocycles. The van der Waals surface area contributed by atoms with Crippen LogP contribution in [0.4, 0.5) is 23.7 Å². The quantitative estimate of drug-likeness (QED) is 0.736. The molecule has 0 fully saturated rings. The Morgan fingerprint density at radius 1 is 1.17 bits per heavy atom. The number of amides is 1. The normalized spacial score (nSPS) is 11.5. The fourth-order valence-electron chi connectivity index (χ4n) is 1.94. The van der Waals surface area contributed by atoms with E-state index in [1.165, 1.54) is 30.3 Å². The molecule has 5 nitrogen and oxygen atoms in total. The number of hydrogen-bond acceptors (Lipinski definition) is 5. The van der Waals surface area contributed by atoms with Gasteiger partial charge in [0.1, 0.15) is 11.3 Å². The number of ether oxygens (including phenoxy) is 1. The summed E-state index contributed by atoms with van der Waals surface area (Å²) in [6.07, 6.45) is -5.46. The molecule has 124 valence electrons. The van der Waals surface area contributed by atoms with Gasteiger partial charge in [0.2, 0.25) is 0 Å². The number of halogens is 3. The van der Waals surface area contributed by atoms with Gasteiger partial charge in [-0.2, -0.15) is 13.2 Å². The molecule has 3 aromatic rings. The summed E-state index contributed by atoms with van der Waals surface area (Å²) >= 11 is 0.843. The van der Waals surface area contributed by atoms with Gasteiger partial charge in [0.25, 0.3) is 0 Å². The Balaban J connectivity index is 1.74. The minimum Gasteiger partial charge on any atom is -0.414 e. The van der Waals surface area contributed by atoms with E-state index in [1.807, 2.05) is 0 Å². The van der Waals surface area contributed by atoms with E-state index in [-0.39, 0.29) is 11.4 Å². The third-order valence-electron chi connectivity index (χ3n) is 2.95. The summed E-state index contributed by atoms with van der Waals surface area (Å²) in [5.41, 5.74) is -0.579. The minimum atomic E-state index is -4.51. The van der Waals surface area contributed by atoms with Crippen LogP contribution in [0.15, 0.2) is 51.7 Å². The Hall–Kier alpha value is -2.81. The van der Waals surface area contributed by atoms with E-state index in [4.69, 9.17) is 9.15 Å². The molecular weight excluding hydrogens is 347 g/mol. The van der Waals surface area contributed by atoms with Crippen molar-refractivity contribution in [2.75, 3.05) is 5.32 Å². The maximum atomic E-state index is 12.6. The largest absolute Gasteiger partial charge is 0.417 e. The van der Waals surface area contributed by atoms with Crippen molar-refractivity contribution in [3.05, 3.63) is 57.8 Å². The van der Waals surface area contributed by atoms with Crippen LogP contribution in [0.1, 0.15) is 5.56 Å². The fraction of sp³-hybridized carbons (Fsp3) is 0.0667. The summed E-state index contributed by atoms with van der Waals surface area (Å²) in [6, 6.07) is 8.47. The molecule has 24 heavy (non-hydrogen) atoms. The molecule has 0 radical (unpaired) electrons. The maximum Gasteiger partial charge on any atom is 0.417 e. The number of benzene rings is 2. The molecule has 0 aliphatic heterocycles. The molecule has 0 aliphatic rings. The number of fused-ring (bicyclic) bond motifs is 1. The monoisotopic (exact) mass is 355 g/mol. The van der Waals surface area contributed by atoms with Crippen molar-refractivity contribution < 1.29 is 27.1 Å². The molecule has 1 heterocycles. The number of nitrogens with one attached hydrogen (secondary N) is 1. The molecule has 1 aromatic heterocycles. The van der Waals surface area contributed by atoms with Gasteiger partial charge in [0, 0.05) is 11.8 Å². The topological polar surface area (TPSA) is 68.5 Å². The van der Waals surface area contributed by atoms with E-state index in [0.717, 1.165) is 23.5 Å². The van der Waals surface area contributed by atoms with Crippen LogP contribution in [0.3, 0.4) is 0 Å². The highest BCUT2D eigenvalue weighted by Gasteiger charge is 2.30. The van der Waals surface area contributed by atoms with Gasteiger partial charge in [-0.1, -0.05) is 17.4 Å². The number of carbonyl (C=O) groups is 1. The molecule has 0 unspecified atom stereocenters. The summed E-state index contributed by atoms with van der Waals surface area (Å²) in [5.74, 6) is 0.129. The average molecular weight is 355 g/mol. The van der Waals surface area contributed by atoms with Gasteiger partial charge in [-0.3, -0.25) is 5.32 Å². The van der Waals surface area contributed by atoms with Crippen LogP contribution in [0.25, 0.3) is 10.3 Å². The first-order valence-electron chi connectivity index (χ1n) is 6.51. The number of carbonyl (C=O) groups excluding carboxylic acids is 1. The van der Waals surface area contributed by atoms with Crippen LogP contribution in [0, 0.1) is 0 Å². The van der Waals surface area contributed by atoms with Gasteiger partial charge in [-0.15, -0.1) is 0 Å². The van der Waals surface area contributed by atoms with Gasteiger partial charge in [0.05, 0.1) is 10.3 Å². The molecule has 3 rings (SSSR count). The van der Waals surface area contributed by atoms with Crippen molar-refractivity contribution in [2.45, 2.75) is 6.18 Å². The van der Waals surface area contributed by atoms with Crippen LogP contribution in [-0.2, 0) is 6.18 Å². The molecule has 0 bridgehead atoms. The average Bonchev–Trinajstić information content (AvgIpc) is 2.86. The third-order valence-corrected chi connectivity index (χ3v) is 3.74. The Labute approximate surface area is 136 Å². The summed E-state index contributed by atoms with van der Waals surface area (Å²) in [4.78, 5) is 22.4. The summed E-state index contributed by atoms with van der Waals surface area (Å²) in [5, 5.41) is 2.21. The van der Waals surface area contributed by atoms with Gasteiger partial charge in [-0.05, 0) is 30.3 Å². The lowest BCUT2D eigenvalue weighted by Gasteiger charge is -2.10. The predicted molar refractivity (Wildman–Crippen MR) is 81.5 cm³/mol. The van der Waals surface area contributed by atoms with Crippen molar-refractivity contribution in [3.63, 3.8) is 0 Å². The molecule has 1 N–H and O–H groups in total. The van der Waals surface area contributed by atoms with Crippen LogP contribution in [-0.4, -0.2) is 6.09 Å². The number of rotatable bonds is 2. The summed E-state index contributed by atoms with van der Waals surface area (Å²) in [7, 11) is 0. The lowest BCUT2D eigenvalue weighted by Crippen LogP contribution is -2.17. The number of hydrogen-bond donors (Lipinski definition) is 1. The van der Waals surface area contributed by atoms with Crippen molar-refractivity contribution in [1.29, 1.82) is 0 Å². The number of anilines is 1. The Kier molecular flexibility index (Phi) is 4.02. The molecule has 0 atom stereocenters. The molecule has 9 heteroatoms. The Morgan fingerprint density at radius 3 is 2.71 bits per heavy atom. The van der Waals surface area contributed by atoms with Gasteiger partial charge in [-0.25, -0.2) is 9.59 Å². The lowest BCUT2D eigenvalue weighted by molar-refractivity contribution is -0.137. The Morgan fingerprint density at radius 2 is 1.96 bits per heavy atom. The van der Waals surface area contributed by atoms with Crippen LogP contribution >= 0.6 is 11.3 Å². The highest BCUT2D eigenvalue weighted by molar-refractivity contribution is 7.16. The van der Waals surface area contributed by atoms with Gasteiger partial charge >= 0.3 is 17.2 Å². The molecule has 1 amide bonds. The van der Waals surface area contributed by atoms with Crippen molar-refractivity contribution >= 4 is 33.4 Å². The molecule has 0 saturated carbocycles. The van der Waals surface area contributed by atoms with E-state index in [1.54, 1.807) is 0 Å². The first-order chi connectivity index (χ1) is 11.3. The molecule has 0 aliphatic carbocycles. The zero-order valence-electron chi connectivity index (χ0n) is 11.7. The minimum absolute atomic E-state index is 0.0520. The second kappa shape index (κ2) is 6.00. The highest BCUT2D eigenvalue weighted by atomic mass is 32.1. The standard InChI is InChI=1S/C15H8F3NO4S/c16-15(17,18)8-2-1-3-9(6-8)19-13(20)22-10-4-5-11-12(7-10)24-14(21)23-11/h1-7H,(H,19,20). The Bertz CT molecular complexity index is 961. The molecular formula is C15H8F3NO4S. The van der Waals surface area contributed by atoms with Gasteiger partial charge in [0.15, 0.2) is 0 Å². The van der Waals surface area contributed by atoms with Crippen LogP contribution in [0.2, 0.25) is 0 Å². The maximum absolute atomic E-state index is 12.6. The van der Waals surface area contributed by atoms with Crippen molar-refractivity contribution in [3.8, 4) is 5.75 Å². The first-order valence-corrected chi connectivity index (χ1v) is 7.33. The zero-order valence-corrected chi connectivity index (χ0v) is 12.5. The van der Waals surface area contributed by atoms with E-state index in [2.05, 4.69) is 5.32 Å². The summed E-state index contributed by atoms with van der Waals surface area (Å²) < 4.78 is 48.2. The van der Waals surface area contributed by atoms with E-state index >= 15 is 0 Å². The summed E-state index contributed by atoms with van der Waals surface area (Å²) in [6.45, 7) is 0. The predicted octanol–water partition coefficient (Wildman–Crippen LogP) is 4.48. The smallest absolute Gasteiger partial charge is 0.414 e. The lowest BCUT2D eigenvalue weighted by atomic mass is 10.2. The molecule has 2 aromatic carbocycles. The van der Waals surface area contributed by atoms with Crippen LogP contribution < -0.4 is 15.0 Å². The fourth-order valence-corrected chi connectivity index (χ4v) is 2.64. The second-order valence-electron chi connectivity index (χ2n) is 4.66. The first kappa shape index (κ1) is 16.1. The molecule has 0 spiro atoms. The zero-order chi connectivity index (χ0) is 17.3. The SMILES string of the molecule is O=C(Nc1cccc(C(F)(F)F)c1)Oc1ccc2oc(=O)sc2c1. The highest BCUT2D eigenvalue weighted by Crippen LogP contribution is 2.30. The van der Waals surface area contributed by atoms with E-state index in [0.29, 0.717) is 10.3 Å². The van der Waals surface area contributed by atoms with Crippen LogP contribution in [0.5, 0.6) is 5.75 Å². The second-order valence-corrected chi connectivity index (χ2v) is 5.63. The van der Waals surface area contributed by atoms with Gasteiger partial charge < -0.3 is 9.15 Å². The van der Waals surface area contributed by atoms with Crippen molar-refractivity contribution in [2.24, 2.45) is 0 Å².